The Labute approximate surface area is 192 Å². The first-order valence-corrected chi connectivity index (χ1v) is 11.3. The van der Waals surface area contributed by atoms with Crippen LogP contribution in [0.15, 0.2) is 58.2 Å². The lowest BCUT2D eigenvalue weighted by molar-refractivity contribution is -0.121. The Hall–Kier alpha value is -2.85. The van der Waals surface area contributed by atoms with Crippen LogP contribution in [0.3, 0.4) is 0 Å². The molecule has 1 aromatic heterocycles. The summed E-state index contributed by atoms with van der Waals surface area (Å²) in [4.78, 5) is 26.6. The van der Waals surface area contributed by atoms with Gasteiger partial charge in [0.05, 0.1) is 23.2 Å². The van der Waals surface area contributed by atoms with Gasteiger partial charge in [0, 0.05) is 11.5 Å². The van der Waals surface area contributed by atoms with Gasteiger partial charge in [-0.1, -0.05) is 36.0 Å². The van der Waals surface area contributed by atoms with Gasteiger partial charge in [-0.05, 0) is 47.1 Å². The number of para-hydroxylation sites is 3. The van der Waals surface area contributed by atoms with E-state index in [0.717, 1.165) is 4.47 Å². The van der Waals surface area contributed by atoms with Crippen LogP contribution >= 0.6 is 27.7 Å². The number of nitrogens with zero attached hydrogens (tertiary/aromatic N) is 4. The van der Waals surface area contributed by atoms with Gasteiger partial charge in [-0.15, -0.1) is 10.2 Å². The largest absolute Gasteiger partial charge is 0.482 e. The summed E-state index contributed by atoms with van der Waals surface area (Å²) < 4.78 is 8.15. The molecule has 0 aliphatic carbocycles. The average molecular weight is 502 g/mol. The maximum atomic E-state index is 12.6. The molecule has 4 rings (SSSR count). The molecule has 10 heteroatoms. The summed E-state index contributed by atoms with van der Waals surface area (Å²) >= 11 is 4.70. The number of hydrogen-bond acceptors (Lipinski definition) is 6. The van der Waals surface area contributed by atoms with E-state index < -0.39 is 0 Å². The lowest BCUT2D eigenvalue weighted by Gasteiger charge is -2.33. The number of aromatic nitrogens is 3. The maximum absolute atomic E-state index is 12.6. The van der Waals surface area contributed by atoms with Crippen molar-refractivity contribution in [2.24, 2.45) is 7.05 Å². The molecule has 1 aliphatic rings. The molecule has 1 atom stereocenters. The van der Waals surface area contributed by atoms with Crippen molar-refractivity contribution in [3.63, 3.8) is 0 Å². The molecular weight excluding hydrogens is 482 g/mol. The first-order valence-electron chi connectivity index (χ1n) is 9.56. The Bertz CT molecular complexity index is 1140. The highest BCUT2D eigenvalue weighted by Gasteiger charge is 2.32. The zero-order chi connectivity index (χ0) is 22.0. The highest BCUT2D eigenvalue weighted by molar-refractivity contribution is 9.10. The number of benzene rings is 2. The molecule has 0 bridgehead atoms. The van der Waals surface area contributed by atoms with Crippen molar-refractivity contribution < 1.29 is 14.3 Å². The van der Waals surface area contributed by atoms with Crippen LogP contribution in [0.5, 0.6) is 5.75 Å². The lowest BCUT2D eigenvalue weighted by atomic mass is 10.1. The van der Waals surface area contributed by atoms with Crippen LogP contribution in [0.1, 0.15) is 18.8 Å². The second-order valence-corrected chi connectivity index (χ2v) is 8.71. The summed E-state index contributed by atoms with van der Waals surface area (Å²) in [5.74, 6) is 1.18. The molecule has 3 aromatic rings. The molecule has 0 saturated carbocycles. The number of carbonyl (C=O) groups excluding carboxylic acids is 2. The second kappa shape index (κ2) is 9.11. The van der Waals surface area contributed by atoms with Gasteiger partial charge in [-0.2, -0.15) is 0 Å². The Morgan fingerprint density at radius 1 is 1.23 bits per heavy atom. The van der Waals surface area contributed by atoms with E-state index in [1.807, 2.05) is 67.1 Å². The molecule has 31 heavy (non-hydrogen) atoms. The second-order valence-electron chi connectivity index (χ2n) is 6.91. The molecular formula is C21H20BrN5O3S. The summed E-state index contributed by atoms with van der Waals surface area (Å²) in [6, 6.07) is 14.5. The fraction of sp³-hybridized carbons (Fsp3) is 0.238. The van der Waals surface area contributed by atoms with Crippen molar-refractivity contribution in [3.05, 3.63) is 58.8 Å². The number of amides is 2. The SMILES string of the molecule is C[C@@H](c1nnc(SCC(=O)Nc2ccccc2Br)n1C)N1C(=O)COc2ccccc21. The molecule has 2 aromatic carbocycles. The third-order valence-electron chi connectivity index (χ3n) is 4.85. The number of halogens is 1. The summed E-state index contributed by atoms with van der Waals surface area (Å²) in [7, 11) is 1.83. The topological polar surface area (TPSA) is 89.4 Å². The molecule has 0 radical (unpaired) electrons. The first kappa shape index (κ1) is 21.4. The van der Waals surface area contributed by atoms with Gasteiger partial charge in [-0.25, -0.2) is 0 Å². The van der Waals surface area contributed by atoms with Gasteiger partial charge in [0.1, 0.15) is 5.75 Å². The summed E-state index contributed by atoms with van der Waals surface area (Å²) in [6.07, 6.45) is 0. The molecule has 2 amide bonds. The number of anilines is 2. The number of carbonyl (C=O) groups is 2. The van der Waals surface area contributed by atoms with Crippen molar-refractivity contribution in [2.75, 3.05) is 22.6 Å². The minimum absolute atomic E-state index is 0.0178. The highest BCUT2D eigenvalue weighted by atomic mass is 79.9. The third kappa shape index (κ3) is 4.45. The predicted octanol–water partition coefficient (Wildman–Crippen LogP) is 3.80. The van der Waals surface area contributed by atoms with Gasteiger partial charge in [0.2, 0.25) is 5.91 Å². The zero-order valence-electron chi connectivity index (χ0n) is 16.9. The Balaban J connectivity index is 1.46. The number of fused-ring (bicyclic) bond motifs is 1. The molecule has 0 unspecified atom stereocenters. The molecule has 160 valence electrons. The van der Waals surface area contributed by atoms with Crippen molar-refractivity contribution in [2.45, 2.75) is 18.1 Å². The number of hydrogen-bond donors (Lipinski definition) is 1. The van der Waals surface area contributed by atoms with Gasteiger partial charge in [-0.3, -0.25) is 14.5 Å². The molecule has 1 N–H and O–H groups in total. The van der Waals surface area contributed by atoms with E-state index in [0.29, 0.717) is 28.1 Å². The van der Waals surface area contributed by atoms with Crippen LogP contribution in [0.4, 0.5) is 11.4 Å². The highest BCUT2D eigenvalue weighted by Crippen LogP contribution is 2.37. The fourth-order valence-corrected chi connectivity index (χ4v) is 4.46. The third-order valence-corrected chi connectivity index (χ3v) is 6.57. The van der Waals surface area contributed by atoms with Crippen LogP contribution in [0, 0.1) is 0 Å². The fourth-order valence-electron chi connectivity index (χ4n) is 3.36. The van der Waals surface area contributed by atoms with E-state index in [1.165, 1.54) is 11.8 Å². The van der Waals surface area contributed by atoms with Gasteiger partial charge < -0.3 is 14.6 Å². The molecule has 0 spiro atoms. The van der Waals surface area contributed by atoms with Crippen LogP contribution in [-0.2, 0) is 16.6 Å². The molecule has 2 heterocycles. The minimum atomic E-state index is -0.349. The predicted molar refractivity (Wildman–Crippen MR) is 122 cm³/mol. The van der Waals surface area contributed by atoms with Crippen LogP contribution in [0.25, 0.3) is 0 Å². The normalized spacial score (nSPS) is 14.0. The van der Waals surface area contributed by atoms with Gasteiger partial charge >= 0.3 is 0 Å². The van der Waals surface area contributed by atoms with Crippen LogP contribution in [0.2, 0.25) is 0 Å². The zero-order valence-corrected chi connectivity index (χ0v) is 19.3. The van der Waals surface area contributed by atoms with Gasteiger partial charge in [0.15, 0.2) is 17.6 Å². The molecule has 0 saturated heterocycles. The van der Waals surface area contributed by atoms with Crippen molar-refractivity contribution >= 4 is 50.9 Å². The Morgan fingerprint density at radius 3 is 2.77 bits per heavy atom. The first-order chi connectivity index (χ1) is 15.0. The summed E-state index contributed by atoms with van der Waals surface area (Å²) in [5.41, 5.74) is 1.42. The van der Waals surface area contributed by atoms with Crippen LogP contribution in [-0.4, -0.2) is 38.9 Å². The van der Waals surface area contributed by atoms with Crippen molar-refractivity contribution in [1.82, 2.24) is 14.8 Å². The van der Waals surface area contributed by atoms with E-state index in [9.17, 15) is 9.59 Å². The lowest BCUT2D eigenvalue weighted by Crippen LogP contribution is -2.41. The number of nitrogens with one attached hydrogen (secondary N) is 1. The van der Waals surface area contributed by atoms with Crippen molar-refractivity contribution in [1.29, 1.82) is 0 Å². The Kier molecular flexibility index (Phi) is 6.28. The average Bonchev–Trinajstić information content (AvgIpc) is 3.14. The molecule has 1 aliphatic heterocycles. The van der Waals surface area contributed by atoms with Gasteiger partial charge in [0.25, 0.3) is 5.91 Å². The molecule has 8 nitrogen and oxygen atoms in total. The number of thioether (sulfide) groups is 1. The van der Waals surface area contributed by atoms with Crippen molar-refractivity contribution in [3.8, 4) is 5.75 Å². The summed E-state index contributed by atoms with van der Waals surface area (Å²) in [5, 5.41) is 12.0. The van der Waals surface area contributed by atoms with E-state index in [4.69, 9.17) is 4.74 Å². The Morgan fingerprint density at radius 2 is 1.97 bits per heavy atom. The van der Waals surface area contributed by atoms with E-state index >= 15 is 0 Å². The minimum Gasteiger partial charge on any atom is -0.482 e. The quantitative estimate of drug-likeness (QED) is 0.516. The number of ether oxygens (including phenoxy) is 1. The van der Waals surface area contributed by atoms with E-state index in [2.05, 4.69) is 31.4 Å². The smallest absolute Gasteiger partial charge is 0.265 e. The number of rotatable bonds is 6. The molecule has 0 fully saturated rings. The monoisotopic (exact) mass is 501 g/mol. The summed E-state index contributed by atoms with van der Waals surface area (Å²) in [6.45, 7) is 1.88. The maximum Gasteiger partial charge on any atom is 0.265 e. The van der Waals surface area contributed by atoms with E-state index in [1.54, 1.807) is 4.90 Å². The van der Waals surface area contributed by atoms with E-state index in [-0.39, 0.29) is 30.2 Å². The standard InChI is InChI=1S/C21H20BrN5O3S/c1-13(27-16-9-5-6-10-17(16)30-11-19(27)29)20-24-25-21(26(20)2)31-12-18(28)23-15-8-4-3-7-14(15)22/h3-10,13H,11-12H2,1-2H3,(H,23,28)/t13-/m0/s1. The van der Waals surface area contributed by atoms with Crippen LogP contribution < -0.4 is 15.0 Å².